The van der Waals surface area contributed by atoms with E-state index in [2.05, 4.69) is 50.4 Å². The molecule has 0 spiro atoms. The van der Waals surface area contributed by atoms with Gasteiger partial charge in [0.25, 0.3) is 0 Å². The first-order valence-electron chi connectivity index (χ1n) is 8.25. The molecule has 0 radical (unpaired) electrons. The standard InChI is InChI=1S/C18H29NO2/c1-4-14(3)15-6-8-16(9-7-15)21-17-10-11-18(12-17,13-20)19-5-2/h6-9,14,17,19-20H,4-5,10-13H2,1-3H3. The Morgan fingerprint density at radius 3 is 2.62 bits per heavy atom. The van der Waals surface area contributed by atoms with Crippen LogP contribution in [0.25, 0.3) is 0 Å². The molecular formula is C18H29NO2. The summed E-state index contributed by atoms with van der Waals surface area (Å²) >= 11 is 0. The Bertz CT molecular complexity index is 431. The van der Waals surface area contributed by atoms with E-state index in [1.165, 1.54) is 5.56 Å². The van der Waals surface area contributed by atoms with Gasteiger partial charge in [-0.3, -0.25) is 0 Å². The van der Waals surface area contributed by atoms with Gasteiger partial charge in [0.2, 0.25) is 0 Å². The lowest BCUT2D eigenvalue weighted by atomic mass is 9.98. The molecule has 2 N–H and O–H groups in total. The Hall–Kier alpha value is -1.06. The molecule has 0 aliphatic heterocycles. The van der Waals surface area contributed by atoms with Gasteiger partial charge in [0.05, 0.1) is 6.61 Å². The van der Waals surface area contributed by atoms with E-state index < -0.39 is 0 Å². The average molecular weight is 291 g/mol. The molecule has 0 aromatic heterocycles. The van der Waals surface area contributed by atoms with Crippen LogP contribution in [0.1, 0.15) is 57.9 Å². The van der Waals surface area contributed by atoms with Crippen LogP contribution in [0, 0.1) is 0 Å². The molecule has 21 heavy (non-hydrogen) atoms. The summed E-state index contributed by atoms with van der Waals surface area (Å²) in [5.74, 6) is 1.54. The smallest absolute Gasteiger partial charge is 0.119 e. The summed E-state index contributed by atoms with van der Waals surface area (Å²) in [6.07, 6.45) is 4.22. The predicted molar refractivity (Wildman–Crippen MR) is 86.9 cm³/mol. The maximum absolute atomic E-state index is 9.64. The third kappa shape index (κ3) is 3.98. The molecule has 3 heteroatoms. The van der Waals surface area contributed by atoms with E-state index in [0.29, 0.717) is 5.92 Å². The average Bonchev–Trinajstić information content (AvgIpc) is 2.91. The third-order valence-corrected chi connectivity index (χ3v) is 4.78. The number of benzene rings is 1. The molecule has 1 saturated carbocycles. The zero-order valence-corrected chi connectivity index (χ0v) is 13.6. The second kappa shape index (κ2) is 7.28. The van der Waals surface area contributed by atoms with E-state index in [-0.39, 0.29) is 18.2 Å². The predicted octanol–water partition coefficient (Wildman–Crippen LogP) is 3.47. The maximum Gasteiger partial charge on any atom is 0.119 e. The lowest BCUT2D eigenvalue weighted by Gasteiger charge is -2.27. The van der Waals surface area contributed by atoms with Crippen LogP contribution < -0.4 is 10.1 Å². The molecule has 1 aromatic carbocycles. The van der Waals surface area contributed by atoms with Gasteiger partial charge in [-0.05, 0) is 49.4 Å². The molecule has 1 fully saturated rings. The van der Waals surface area contributed by atoms with Crippen molar-refractivity contribution in [2.75, 3.05) is 13.2 Å². The largest absolute Gasteiger partial charge is 0.490 e. The van der Waals surface area contributed by atoms with Gasteiger partial charge in [-0.25, -0.2) is 0 Å². The van der Waals surface area contributed by atoms with Crippen LogP contribution in [0.4, 0.5) is 0 Å². The monoisotopic (exact) mass is 291 g/mol. The maximum atomic E-state index is 9.64. The molecule has 1 aromatic rings. The van der Waals surface area contributed by atoms with E-state index >= 15 is 0 Å². The molecule has 3 atom stereocenters. The molecule has 2 rings (SSSR count). The summed E-state index contributed by atoms with van der Waals surface area (Å²) in [7, 11) is 0. The molecule has 0 saturated heterocycles. The Morgan fingerprint density at radius 1 is 1.33 bits per heavy atom. The van der Waals surface area contributed by atoms with E-state index in [1.54, 1.807) is 0 Å². The van der Waals surface area contributed by atoms with Crippen molar-refractivity contribution in [1.29, 1.82) is 0 Å². The van der Waals surface area contributed by atoms with Crippen LogP contribution in [-0.4, -0.2) is 29.9 Å². The van der Waals surface area contributed by atoms with Crippen molar-refractivity contribution in [2.24, 2.45) is 0 Å². The fourth-order valence-corrected chi connectivity index (χ4v) is 3.22. The second-order valence-electron chi connectivity index (χ2n) is 6.33. The molecule has 1 aliphatic rings. The van der Waals surface area contributed by atoms with Crippen LogP contribution in [0.15, 0.2) is 24.3 Å². The van der Waals surface area contributed by atoms with Crippen molar-refractivity contribution in [3.63, 3.8) is 0 Å². The number of nitrogens with one attached hydrogen (secondary N) is 1. The first kappa shape index (κ1) is 16.3. The van der Waals surface area contributed by atoms with E-state index in [0.717, 1.165) is 38.0 Å². The van der Waals surface area contributed by atoms with Crippen LogP contribution in [-0.2, 0) is 0 Å². The summed E-state index contributed by atoms with van der Waals surface area (Å²) in [5.41, 5.74) is 1.23. The summed E-state index contributed by atoms with van der Waals surface area (Å²) in [5, 5.41) is 13.1. The zero-order chi connectivity index (χ0) is 15.3. The van der Waals surface area contributed by atoms with E-state index in [4.69, 9.17) is 4.74 Å². The minimum atomic E-state index is -0.143. The number of rotatable bonds is 7. The van der Waals surface area contributed by atoms with Crippen molar-refractivity contribution in [1.82, 2.24) is 5.32 Å². The van der Waals surface area contributed by atoms with Gasteiger partial charge in [0.15, 0.2) is 0 Å². The molecule has 118 valence electrons. The highest BCUT2D eigenvalue weighted by Gasteiger charge is 2.39. The normalized spacial score (nSPS) is 26.8. The summed E-state index contributed by atoms with van der Waals surface area (Å²) < 4.78 is 6.10. The van der Waals surface area contributed by atoms with Gasteiger partial charge in [0.1, 0.15) is 11.9 Å². The van der Waals surface area contributed by atoms with Gasteiger partial charge in [0, 0.05) is 12.0 Å². The van der Waals surface area contributed by atoms with Crippen molar-refractivity contribution in [2.45, 2.75) is 64.0 Å². The van der Waals surface area contributed by atoms with Crippen molar-refractivity contribution in [3.05, 3.63) is 29.8 Å². The summed E-state index contributed by atoms with van der Waals surface area (Å²) in [6.45, 7) is 7.62. The minimum absolute atomic E-state index is 0.143. The second-order valence-corrected chi connectivity index (χ2v) is 6.33. The zero-order valence-electron chi connectivity index (χ0n) is 13.6. The van der Waals surface area contributed by atoms with Gasteiger partial charge < -0.3 is 15.2 Å². The number of aliphatic hydroxyl groups excluding tert-OH is 1. The highest BCUT2D eigenvalue weighted by atomic mass is 16.5. The Labute approximate surface area is 128 Å². The fourth-order valence-electron chi connectivity index (χ4n) is 3.22. The van der Waals surface area contributed by atoms with Crippen LogP contribution in [0.5, 0.6) is 5.75 Å². The molecule has 3 nitrogen and oxygen atoms in total. The van der Waals surface area contributed by atoms with Gasteiger partial charge in [-0.1, -0.05) is 32.9 Å². The fraction of sp³-hybridized carbons (Fsp3) is 0.667. The molecule has 0 heterocycles. The minimum Gasteiger partial charge on any atom is -0.490 e. The van der Waals surface area contributed by atoms with Crippen LogP contribution >= 0.6 is 0 Å². The lowest BCUT2D eigenvalue weighted by molar-refractivity contribution is 0.142. The first-order valence-corrected chi connectivity index (χ1v) is 8.25. The van der Waals surface area contributed by atoms with Crippen molar-refractivity contribution < 1.29 is 9.84 Å². The summed E-state index contributed by atoms with van der Waals surface area (Å²) in [4.78, 5) is 0. The highest BCUT2D eigenvalue weighted by Crippen LogP contribution is 2.33. The number of likely N-dealkylation sites (N-methyl/N-ethyl adjacent to an activating group) is 1. The Morgan fingerprint density at radius 2 is 2.05 bits per heavy atom. The van der Waals surface area contributed by atoms with Gasteiger partial charge >= 0.3 is 0 Å². The lowest BCUT2D eigenvalue weighted by Crippen LogP contribution is -2.46. The quantitative estimate of drug-likeness (QED) is 0.808. The van der Waals surface area contributed by atoms with Crippen LogP contribution in [0.2, 0.25) is 0 Å². The van der Waals surface area contributed by atoms with Crippen LogP contribution in [0.3, 0.4) is 0 Å². The molecular weight excluding hydrogens is 262 g/mol. The topological polar surface area (TPSA) is 41.5 Å². The van der Waals surface area contributed by atoms with E-state index in [1.807, 2.05) is 0 Å². The highest BCUT2D eigenvalue weighted by molar-refractivity contribution is 5.29. The molecule has 0 amide bonds. The van der Waals surface area contributed by atoms with Gasteiger partial charge in [-0.15, -0.1) is 0 Å². The Kier molecular flexibility index (Phi) is 5.65. The third-order valence-electron chi connectivity index (χ3n) is 4.78. The number of hydrogen-bond donors (Lipinski definition) is 2. The number of hydrogen-bond acceptors (Lipinski definition) is 3. The molecule has 3 unspecified atom stereocenters. The molecule has 0 bridgehead atoms. The molecule has 1 aliphatic carbocycles. The van der Waals surface area contributed by atoms with E-state index in [9.17, 15) is 5.11 Å². The number of aliphatic hydroxyl groups is 1. The van der Waals surface area contributed by atoms with Crippen molar-refractivity contribution in [3.8, 4) is 5.75 Å². The Balaban J connectivity index is 1.94. The SMILES string of the molecule is CCNC1(CO)CCC(Oc2ccc(C(C)CC)cc2)C1. The van der Waals surface area contributed by atoms with Gasteiger partial charge in [-0.2, -0.15) is 0 Å². The number of ether oxygens (including phenoxy) is 1. The summed E-state index contributed by atoms with van der Waals surface area (Å²) in [6, 6.07) is 8.49. The van der Waals surface area contributed by atoms with Crippen molar-refractivity contribution >= 4 is 0 Å². The first-order chi connectivity index (χ1) is 10.1.